The molecule has 0 N–H and O–H groups in total. The Balaban J connectivity index is 1.05. The van der Waals surface area contributed by atoms with Crippen LogP contribution in [0.15, 0.2) is 164 Å². The number of benzene rings is 8. The van der Waals surface area contributed by atoms with E-state index in [0.717, 1.165) is 39.2 Å². The van der Waals surface area contributed by atoms with Crippen LogP contribution < -0.4 is 0 Å². The Hall–Kier alpha value is -6.62. The van der Waals surface area contributed by atoms with Gasteiger partial charge in [-0.15, -0.1) is 11.3 Å². The van der Waals surface area contributed by atoms with Crippen LogP contribution in [-0.2, 0) is 5.41 Å². The van der Waals surface area contributed by atoms with Crippen LogP contribution in [0.4, 0.5) is 0 Å². The van der Waals surface area contributed by atoms with E-state index in [2.05, 4.69) is 182 Å². The van der Waals surface area contributed by atoms with E-state index in [1.807, 2.05) is 11.3 Å². The van der Waals surface area contributed by atoms with Gasteiger partial charge in [0.1, 0.15) is 0 Å². The average molecular weight is 720 g/mol. The van der Waals surface area contributed by atoms with Crippen LogP contribution in [0.5, 0.6) is 0 Å². The summed E-state index contributed by atoms with van der Waals surface area (Å²) in [6, 6.07) is 59.5. The zero-order valence-electron chi connectivity index (χ0n) is 30.3. The maximum absolute atomic E-state index is 5.34. The van der Waals surface area contributed by atoms with Gasteiger partial charge in [0.15, 0.2) is 5.82 Å². The van der Waals surface area contributed by atoms with Gasteiger partial charge in [-0.05, 0) is 81.6 Å². The Bertz CT molecular complexity index is 3400. The van der Waals surface area contributed by atoms with Gasteiger partial charge in [0.05, 0.1) is 26.9 Å². The van der Waals surface area contributed by atoms with E-state index in [9.17, 15) is 0 Å². The van der Waals surface area contributed by atoms with Crippen LogP contribution in [0.3, 0.4) is 0 Å². The first kappa shape index (κ1) is 30.8. The van der Waals surface area contributed by atoms with Crippen molar-refractivity contribution >= 4 is 75.0 Å². The number of thiophene rings is 1. The third kappa shape index (κ3) is 4.26. The van der Waals surface area contributed by atoms with Gasteiger partial charge in [-0.1, -0.05) is 129 Å². The van der Waals surface area contributed by atoms with Crippen molar-refractivity contribution in [3.8, 4) is 39.5 Å². The van der Waals surface area contributed by atoms with Crippen LogP contribution in [0, 0.1) is 0 Å². The van der Waals surface area contributed by atoms with Crippen molar-refractivity contribution in [2.45, 2.75) is 19.3 Å². The summed E-state index contributed by atoms with van der Waals surface area (Å²) in [5.41, 5.74) is 12.8. The number of hydrogen-bond donors (Lipinski definition) is 0. The number of nitrogens with zero attached hydrogens (tertiary/aromatic N) is 3. The van der Waals surface area contributed by atoms with E-state index >= 15 is 0 Å². The Labute approximate surface area is 321 Å². The molecule has 0 spiro atoms. The summed E-state index contributed by atoms with van der Waals surface area (Å²) >= 11 is 1.89. The highest BCUT2D eigenvalue weighted by Gasteiger charge is 2.35. The van der Waals surface area contributed by atoms with E-state index in [0.29, 0.717) is 0 Å². The minimum Gasteiger partial charge on any atom is -0.308 e. The van der Waals surface area contributed by atoms with Crippen molar-refractivity contribution in [2.75, 3.05) is 0 Å². The highest BCUT2D eigenvalue weighted by Crippen LogP contribution is 2.50. The summed E-state index contributed by atoms with van der Waals surface area (Å²) < 4.78 is 5.09. The molecule has 0 radical (unpaired) electrons. The summed E-state index contributed by atoms with van der Waals surface area (Å²) in [5.74, 6) is 0.725. The fourth-order valence-corrected chi connectivity index (χ4v) is 10.7. The van der Waals surface area contributed by atoms with Gasteiger partial charge in [-0.3, -0.25) is 0 Å². The highest BCUT2D eigenvalue weighted by molar-refractivity contribution is 7.27. The van der Waals surface area contributed by atoms with Crippen molar-refractivity contribution in [3.63, 3.8) is 0 Å². The lowest BCUT2D eigenvalue weighted by molar-refractivity contribution is 0.660. The number of para-hydroxylation sites is 2. The first-order valence-electron chi connectivity index (χ1n) is 18.9. The SMILES string of the molecule is CC1(C)c2ccccc2-c2ccc(-c3nc(-c4ccc(-n5c6ccccc6c6c7ccccc7c7c8ccccc8sc7c65)cc4)nc4ccccc34)cc21. The molecular weight excluding hydrogens is 687 g/mol. The highest BCUT2D eigenvalue weighted by atomic mass is 32.1. The third-order valence-electron chi connectivity index (χ3n) is 12.0. The maximum atomic E-state index is 5.34. The first-order valence-corrected chi connectivity index (χ1v) is 19.7. The molecule has 3 heterocycles. The number of fused-ring (bicyclic) bond motifs is 14. The van der Waals surface area contributed by atoms with Crippen LogP contribution in [0.25, 0.3) is 103 Å². The van der Waals surface area contributed by atoms with Crippen molar-refractivity contribution in [2.24, 2.45) is 0 Å². The van der Waals surface area contributed by atoms with E-state index in [4.69, 9.17) is 9.97 Å². The van der Waals surface area contributed by atoms with Crippen molar-refractivity contribution in [3.05, 3.63) is 175 Å². The summed E-state index contributed by atoms with van der Waals surface area (Å²) in [6.45, 7) is 4.66. The number of rotatable bonds is 3. The average Bonchev–Trinajstić information content (AvgIpc) is 3.87. The molecule has 0 bridgehead atoms. The smallest absolute Gasteiger partial charge is 0.160 e. The Morgan fingerprint density at radius 2 is 1.15 bits per heavy atom. The lowest BCUT2D eigenvalue weighted by Gasteiger charge is -2.22. The molecule has 11 aromatic rings. The topological polar surface area (TPSA) is 30.7 Å². The largest absolute Gasteiger partial charge is 0.308 e. The maximum Gasteiger partial charge on any atom is 0.160 e. The molecule has 0 saturated carbocycles. The molecule has 55 heavy (non-hydrogen) atoms. The molecule has 8 aromatic carbocycles. The van der Waals surface area contributed by atoms with Crippen LogP contribution in [0.1, 0.15) is 25.0 Å². The van der Waals surface area contributed by atoms with Gasteiger partial charge in [0, 0.05) is 53.9 Å². The molecule has 1 aliphatic rings. The molecule has 0 fully saturated rings. The molecule has 0 unspecified atom stereocenters. The summed E-state index contributed by atoms with van der Waals surface area (Å²) in [6.07, 6.45) is 0. The second kappa shape index (κ2) is 11.2. The van der Waals surface area contributed by atoms with E-state index in [-0.39, 0.29) is 5.41 Å². The van der Waals surface area contributed by atoms with Gasteiger partial charge < -0.3 is 4.57 Å². The molecule has 258 valence electrons. The normalized spacial score (nSPS) is 13.4. The molecular formula is C51H33N3S. The second-order valence-electron chi connectivity index (χ2n) is 15.3. The predicted octanol–water partition coefficient (Wildman–Crippen LogP) is 13.9. The van der Waals surface area contributed by atoms with Gasteiger partial charge in [-0.2, -0.15) is 0 Å². The lowest BCUT2D eigenvalue weighted by Crippen LogP contribution is -2.14. The fourth-order valence-electron chi connectivity index (χ4n) is 9.43. The van der Waals surface area contributed by atoms with Crippen LogP contribution in [-0.4, -0.2) is 14.5 Å². The van der Waals surface area contributed by atoms with Crippen LogP contribution >= 0.6 is 11.3 Å². The molecule has 0 saturated heterocycles. The zero-order valence-corrected chi connectivity index (χ0v) is 31.2. The third-order valence-corrected chi connectivity index (χ3v) is 13.2. The summed E-state index contributed by atoms with van der Waals surface area (Å²) in [5, 5.41) is 8.87. The molecule has 4 heteroatoms. The van der Waals surface area contributed by atoms with E-state index < -0.39 is 0 Å². The van der Waals surface area contributed by atoms with Gasteiger partial charge in [0.25, 0.3) is 0 Å². The minimum atomic E-state index is -0.0933. The van der Waals surface area contributed by atoms with E-state index in [1.54, 1.807) is 0 Å². The molecule has 3 aromatic heterocycles. The van der Waals surface area contributed by atoms with Crippen LogP contribution in [0.2, 0.25) is 0 Å². The lowest BCUT2D eigenvalue weighted by atomic mass is 9.82. The minimum absolute atomic E-state index is 0.0933. The number of hydrogen-bond acceptors (Lipinski definition) is 3. The fraction of sp³-hybridized carbons (Fsp3) is 0.0588. The monoisotopic (exact) mass is 719 g/mol. The molecule has 0 aliphatic heterocycles. The molecule has 0 amide bonds. The van der Waals surface area contributed by atoms with Crippen molar-refractivity contribution < 1.29 is 0 Å². The second-order valence-corrected chi connectivity index (χ2v) is 16.4. The van der Waals surface area contributed by atoms with Gasteiger partial charge >= 0.3 is 0 Å². The van der Waals surface area contributed by atoms with Gasteiger partial charge in [-0.25, -0.2) is 9.97 Å². The summed E-state index contributed by atoms with van der Waals surface area (Å²) in [7, 11) is 0. The molecule has 0 atom stereocenters. The Morgan fingerprint density at radius 3 is 1.98 bits per heavy atom. The van der Waals surface area contributed by atoms with Gasteiger partial charge in [0.2, 0.25) is 0 Å². The van der Waals surface area contributed by atoms with E-state index in [1.165, 1.54) is 75.0 Å². The Kier molecular flexibility index (Phi) is 6.27. The van der Waals surface area contributed by atoms with Crippen molar-refractivity contribution in [1.82, 2.24) is 14.5 Å². The zero-order chi connectivity index (χ0) is 36.4. The standard InChI is InChI=1S/C51H33N3S/c1-51(2)40-19-9-5-13-33(40)34-28-25-31(29-41(34)51)47-37-16-6-10-20-42(37)52-50(53-47)30-23-26-32(27-24-30)54-43-21-11-7-17-38(43)45-35-14-3-4-15-36(35)46-39-18-8-12-22-44(39)55-49(46)48(45)54/h3-29H,1-2H3. The molecule has 12 rings (SSSR count). The quantitative estimate of drug-likeness (QED) is 0.182. The number of aromatic nitrogens is 3. The Morgan fingerprint density at radius 1 is 0.509 bits per heavy atom. The van der Waals surface area contributed by atoms with Crippen molar-refractivity contribution in [1.29, 1.82) is 0 Å². The molecule has 3 nitrogen and oxygen atoms in total. The summed E-state index contributed by atoms with van der Waals surface area (Å²) in [4.78, 5) is 10.5. The first-order chi connectivity index (χ1) is 27.0. The predicted molar refractivity (Wildman–Crippen MR) is 233 cm³/mol. The molecule has 1 aliphatic carbocycles.